The van der Waals surface area contributed by atoms with Crippen LogP contribution in [0, 0.1) is 0 Å². The molecule has 0 saturated heterocycles. The Morgan fingerprint density at radius 1 is 0.826 bits per heavy atom. The molecule has 0 amide bonds. The largest absolute Gasteiger partial charge is 0.573 e. The first kappa shape index (κ1) is 17.5. The molecule has 0 unspecified atom stereocenters. The van der Waals surface area contributed by atoms with Crippen LogP contribution in [-0.4, -0.2) is 6.36 Å². The van der Waals surface area contributed by atoms with Gasteiger partial charge in [-0.05, 0) is 41.0 Å². The molecule has 0 radical (unpaired) electrons. The third kappa shape index (κ3) is 4.54. The lowest BCUT2D eigenvalue weighted by Gasteiger charge is -2.13. The maximum atomic E-state index is 12.8. The molecule has 1 nitrogen and oxygen atoms in total. The predicted molar refractivity (Wildman–Crippen MR) is 73.1 cm³/mol. The van der Waals surface area contributed by atoms with Gasteiger partial charge >= 0.3 is 12.5 Å². The molecule has 124 valence electrons. The minimum absolute atomic E-state index is 0.104. The Balaban J connectivity index is 2.32. The van der Waals surface area contributed by atoms with E-state index in [0.717, 1.165) is 18.2 Å². The average molecular weight is 355 g/mol. The van der Waals surface area contributed by atoms with Crippen molar-refractivity contribution in [1.82, 2.24) is 0 Å². The van der Waals surface area contributed by atoms with Crippen LogP contribution in [-0.2, 0) is 12.1 Å². The Kier molecular flexibility index (Phi) is 4.79. The van der Waals surface area contributed by atoms with Crippen LogP contribution >= 0.6 is 11.6 Å². The standard InChI is InChI=1S/C15H9ClF6O/c16-8-11-7-10(3-6-13(11)14(17,18)19)9-1-4-12(5-2-9)23-15(20,21)22/h1-7H,8H2. The van der Waals surface area contributed by atoms with Gasteiger partial charge in [0.1, 0.15) is 5.75 Å². The van der Waals surface area contributed by atoms with Gasteiger partial charge in [0, 0.05) is 5.88 Å². The van der Waals surface area contributed by atoms with E-state index in [-0.39, 0.29) is 11.4 Å². The van der Waals surface area contributed by atoms with E-state index in [0.29, 0.717) is 11.1 Å². The lowest BCUT2D eigenvalue weighted by Crippen LogP contribution is -2.16. The minimum Gasteiger partial charge on any atom is -0.406 e. The smallest absolute Gasteiger partial charge is 0.406 e. The van der Waals surface area contributed by atoms with E-state index >= 15 is 0 Å². The second-order valence-corrected chi connectivity index (χ2v) is 4.84. The topological polar surface area (TPSA) is 9.23 Å². The number of alkyl halides is 7. The second-order valence-electron chi connectivity index (χ2n) is 4.58. The van der Waals surface area contributed by atoms with E-state index in [2.05, 4.69) is 4.74 Å². The highest BCUT2D eigenvalue weighted by molar-refractivity contribution is 6.17. The Labute approximate surface area is 132 Å². The summed E-state index contributed by atoms with van der Waals surface area (Å²) in [6.07, 6.45) is -9.32. The molecule has 2 rings (SSSR count). The van der Waals surface area contributed by atoms with E-state index < -0.39 is 23.9 Å². The molecule has 0 aliphatic carbocycles. The summed E-state index contributed by atoms with van der Waals surface area (Å²) >= 11 is 5.55. The first-order chi connectivity index (χ1) is 10.6. The van der Waals surface area contributed by atoms with Crippen molar-refractivity contribution in [2.24, 2.45) is 0 Å². The predicted octanol–water partition coefficient (Wildman–Crippen LogP) is 6.01. The molecular weight excluding hydrogens is 346 g/mol. The van der Waals surface area contributed by atoms with Gasteiger partial charge in [0.25, 0.3) is 0 Å². The summed E-state index contributed by atoms with van der Waals surface area (Å²) in [6.45, 7) is 0. The molecule has 0 spiro atoms. The third-order valence-electron chi connectivity index (χ3n) is 2.98. The third-order valence-corrected chi connectivity index (χ3v) is 3.26. The van der Waals surface area contributed by atoms with E-state index in [1.165, 1.54) is 24.3 Å². The summed E-state index contributed by atoms with van der Waals surface area (Å²) in [5, 5.41) is 0. The van der Waals surface area contributed by atoms with Crippen LogP contribution in [0.5, 0.6) is 5.75 Å². The molecule has 0 aliphatic rings. The number of rotatable bonds is 3. The fraction of sp³-hybridized carbons (Fsp3) is 0.200. The molecule has 0 N–H and O–H groups in total. The van der Waals surface area contributed by atoms with Gasteiger partial charge in [-0.15, -0.1) is 24.8 Å². The fourth-order valence-corrected chi connectivity index (χ4v) is 2.23. The van der Waals surface area contributed by atoms with Crippen molar-refractivity contribution >= 4 is 11.6 Å². The van der Waals surface area contributed by atoms with Crippen LogP contribution in [0.25, 0.3) is 11.1 Å². The SMILES string of the molecule is FC(F)(F)Oc1ccc(-c2ccc(C(F)(F)F)c(CCl)c2)cc1. The lowest BCUT2D eigenvalue weighted by atomic mass is 9.99. The molecule has 0 fully saturated rings. The zero-order chi connectivity index (χ0) is 17.3. The highest BCUT2D eigenvalue weighted by atomic mass is 35.5. The van der Waals surface area contributed by atoms with Crippen molar-refractivity contribution in [2.75, 3.05) is 0 Å². The van der Waals surface area contributed by atoms with Gasteiger partial charge in [-0.25, -0.2) is 0 Å². The maximum absolute atomic E-state index is 12.8. The normalized spacial score (nSPS) is 12.3. The summed E-state index contributed by atoms with van der Waals surface area (Å²) in [5.41, 5.74) is -0.0904. The number of ether oxygens (including phenoxy) is 1. The molecule has 0 atom stereocenters. The first-order valence-electron chi connectivity index (χ1n) is 6.22. The van der Waals surface area contributed by atoms with E-state index in [1.807, 2.05) is 0 Å². The average Bonchev–Trinajstić information content (AvgIpc) is 2.44. The molecule has 8 heteroatoms. The van der Waals surface area contributed by atoms with Crippen molar-refractivity contribution < 1.29 is 31.1 Å². The molecule has 2 aromatic rings. The fourth-order valence-electron chi connectivity index (χ4n) is 2.01. The molecule has 0 aromatic heterocycles. The molecule has 0 saturated carbocycles. The van der Waals surface area contributed by atoms with Crippen molar-refractivity contribution in [1.29, 1.82) is 0 Å². The zero-order valence-corrected chi connectivity index (χ0v) is 12.1. The highest BCUT2D eigenvalue weighted by Gasteiger charge is 2.33. The van der Waals surface area contributed by atoms with E-state index in [9.17, 15) is 26.3 Å². The van der Waals surface area contributed by atoms with Crippen LogP contribution in [0.3, 0.4) is 0 Å². The van der Waals surface area contributed by atoms with E-state index in [4.69, 9.17) is 11.6 Å². The summed E-state index contributed by atoms with van der Waals surface area (Å²) in [5.74, 6) is -0.747. The van der Waals surface area contributed by atoms with Gasteiger partial charge in [-0.3, -0.25) is 0 Å². The van der Waals surface area contributed by atoms with Crippen molar-refractivity contribution in [3.63, 3.8) is 0 Å². The molecule has 0 bridgehead atoms. The summed E-state index contributed by atoms with van der Waals surface area (Å²) in [6, 6.07) is 8.20. The van der Waals surface area contributed by atoms with Crippen molar-refractivity contribution in [3.05, 3.63) is 53.6 Å². The Hall–Kier alpha value is -1.89. The molecule has 2 aromatic carbocycles. The van der Waals surface area contributed by atoms with Gasteiger partial charge in [0.2, 0.25) is 0 Å². The first-order valence-corrected chi connectivity index (χ1v) is 6.76. The molecule has 0 heterocycles. The van der Waals surface area contributed by atoms with Gasteiger partial charge < -0.3 is 4.74 Å². The zero-order valence-electron chi connectivity index (χ0n) is 11.3. The Morgan fingerprint density at radius 3 is 1.87 bits per heavy atom. The van der Waals surface area contributed by atoms with Crippen LogP contribution in [0.1, 0.15) is 11.1 Å². The summed E-state index contributed by atoms with van der Waals surface area (Å²) in [7, 11) is 0. The van der Waals surface area contributed by atoms with Gasteiger partial charge in [-0.1, -0.05) is 18.2 Å². The lowest BCUT2D eigenvalue weighted by molar-refractivity contribution is -0.274. The number of hydrogen-bond donors (Lipinski definition) is 0. The van der Waals surface area contributed by atoms with Gasteiger partial charge in [0.05, 0.1) is 5.56 Å². The number of benzene rings is 2. The van der Waals surface area contributed by atoms with Crippen LogP contribution in [0.4, 0.5) is 26.3 Å². The van der Waals surface area contributed by atoms with Crippen LogP contribution < -0.4 is 4.74 Å². The van der Waals surface area contributed by atoms with Crippen LogP contribution in [0.15, 0.2) is 42.5 Å². The molecule has 23 heavy (non-hydrogen) atoms. The quantitative estimate of drug-likeness (QED) is 0.484. The maximum Gasteiger partial charge on any atom is 0.573 e. The number of hydrogen-bond acceptors (Lipinski definition) is 1. The van der Waals surface area contributed by atoms with Gasteiger partial charge in [0.15, 0.2) is 0 Å². The Bertz CT molecular complexity index is 676. The van der Waals surface area contributed by atoms with Crippen molar-refractivity contribution in [3.8, 4) is 16.9 Å². The number of halogens is 7. The van der Waals surface area contributed by atoms with Crippen molar-refractivity contribution in [2.45, 2.75) is 18.4 Å². The minimum atomic E-state index is -4.80. The summed E-state index contributed by atoms with van der Waals surface area (Å²) < 4.78 is 78.4. The monoisotopic (exact) mass is 354 g/mol. The second kappa shape index (κ2) is 6.31. The Morgan fingerprint density at radius 2 is 1.39 bits per heavy atom. The molecular formula is C15H9ClF6O. The van der Waals surface area contributed by atoms with E-state index in [1.54, 1.807) is 0 Å². The molecule has 0 aliphatic heterocycles. The van der Waals surface area contributed by atoms with Crippen LogP contribution in [0.2, 0.25) is 0 Å². The highest BCUT2D eigenvalue weighted by Crippen LogP contribution is 2.35. The van der Waals surface area contributed by atoms with Gasteiger partial charge in [-0.2, -0.15) is 13.2 Å². The summed E-state index contributed by atoms with van der Waals surface area (Å²) in [4.78, 5) is 0.